The van der Waals surface area contributed by atoms with Gasteiger partial charge in [-0.3, -0.25) is 33.7 Å². The molecule has 1 aliphatic rings. The molecule has 10 nitrogen and oxygen atoms in total. The van der Waals surface area contributed by atoms with E-state index in [9.17, 15) is 28.8 Å². The Bertz CT molecular complexity index is 1280. The van der Waals surface area contributed by atoms with Gasteiger partial charge in [0.15, 0.2) is 5.12 Å². The van der Waals surface area contributed by atoms with Crippen molar-refractivity contribution in [3.05, 3.63) is 71.3 Å². The quantitative estimate of drug-likeness (QED) is 0.321. The van der Waals surface area contributed by atoms with Crippen molar-refractivity contribution >= 4 is 46.4 Å². The largest absolute Gasteiger partial charge is 0.357 e. The summed E-state index contributed by atoms with van der Waals surface area (Å²) in [5.41, 5.74) is 1.53. The molecule has 11 heteroatoms. The molecule has 0 radical (unpaired) electrons. The van der Waals surface area contributed by atoms with Gasteiger partial charge >= 0.3 is 0 Å². The van der Waals surface area contributed by atoms with Gasteiger partial charge in [-0.05, 0) is 36.5 Å². The molecule has 2 aromatic carbocycles. The zero-order chi connectivity index (χ0) is 30.8. The van der Waals surface area contributed by atoms with E-state index in [-0.39, 0.29) is 48.6 Å². The van der Waals surface area contributed by atoms with Crippen LogP contribution >= 0.6 is 11.8 Å². The molecule has 2 aromatic rings. The van der Waals surface area contributed by atoms with E-state index in [4.69, 9.17) is 0 Å². The van der Waals surface area contributed by atoms with E-state index in [1.807, 2.05) is 44.2 Å². The van der Waals surface area contributed by atoms with Gasteiger partial charge in [-0.25, -0.2) is 0 Å². The zero-order valence-corrected chi connectivity index (χ0v) is 25.2. The van der Waals surface area contributed by atoms with Gasteiger partial charge in [-0.15, -0.1) is 0 Å². The van der Waals surface area contributed by atoms with Crippen LogP contribution in [0.15, 0.2) is 54.6 Å². The van der Waals surface area contributed by atoms with Crippen molar-refractivity contribution in [2.24, 2.45) is 5.92 Å². The fourth-order valence-electron chi connectivity index (χ4n) is 4.87. The summed E-state index contributed by atoms with van der Waals surface area (Å²) in [5, 5.41) is 5.20. The van der Waals surface area contributed by atoms with Gasteiger partial charge in [0.25, 0.3) is 11.8 Å². The van der Waals surface area contributed by atoms with Crippen LogP contribution in [0.25, 0.3) is 0 Å². The number of amides is 5. The number of fused-ring (bicyclic) bond motifs is 1. The lowest BCUT2D eigenvalue weighted by molar-refractivity contribution is -0.140. The number of likely N-dealkylation sites (N-methyl/N-ethyl adjacent to an activating group) is 1. The lowest BCUT2D eigenvalue weighted by atomic mass is 9.99. The number of nitrogens with zero attached hydrogens (tertiary/aromatic N) is 2. The molecule has 0 unspecified atom stereocenters. The van der Waals surface area contributed by atoms with Crippen LogP contribution in [0.3, 0.4) is 0 Å². The molecule has 0 saturated carbocycles. The number of carbonyl (C=O) groups is 6. The summed E-state index contributed by atoms with van der Waals surface area (Å²) in [7, 11) is 1.49. The monoisotopic (exact) mass is 594 g/mol. The molecule has 0 aliphatic carbocycles. The van der Waals surface area contributed by atoms with Crippen molar-refractivity contribution in [2.45, 2.75) is 52.1 Å². The Morgan fingerprint density at radius 1 is 0.905 bits per heavy atom. The Kier molecular flexibility index (Phi) is 11.8. The highest BCUT2D eigenvalue weighted by Gasteiger charge is 2.36. The highest BCUT2D eigenvalue weighted by Crippen LogP contribution is 2.23. The second kappa shape index (κ2) is 15.3. The minimum Gasteiger partial charge on any atom is -0.357 e. The highest BCUT2D eigenvalue weighted by atomic mass is 32.2. The third kappa shape index (κ3) is 8.51. The minimum absolute atomic E-state index is 0.0142. The van der Waals surface area contributed by atoms with E-state index < -0.39 is 35.7 Å². The molecule has 2 atom stereocenters. The Hall–Kier alpha value is -3.99. The Balaban J connectivity index is 1.81. The third-order valence-electron chi connectivity index (χ3n) is 6.91. The van der Waals surface area contributed by atoms with Crippen LogP contribution in [0.5, 0.6) is 0 Å². The van der Waals surface area contributed by atoms with Crippen molar-refractivity contribution in [1.29, 1.82) is 0 Å². The number of carbonyl (C=O) groups excluding carboxylic acids is 6. The number of nitrogens with one attached hydrogen (secondary N) is 2. The third-order valence-corrected chi connectivity index (χ3v) is 7.71. The van der Waals surface area contributed by atoms with Crippen molar-refractivity contribution in [3.63, 3.8) is 0 Å². The van der Waals surface area contributed by atoms with Gasteiger partial charge in [-0.2, -0.15) is 0 Å². The molecular weight excluding hydrogens is 556 g/mol. The van der Waals surface area contributed by atoms with E-state index in [0.717, 1.165) is 22.2 Å². The van der Waals surface area contributed by atoms with Crippen molar-refractivity contribution < 1.29 is 28.8 Å². The Morgan fingerprint density at radius 2 is 1.50 bits per heavy atom. The lowest BCUT2D eigenvalue weighted by Crippen LogP contribution is -2.56. The number of hydrogen-bond donors (Lipinski definition) is 2. The Labute approximate surface area is 250 Å². The molecule has 3 rings (SSSR count). The fraction of sp³-hybridized carbons (Fsp3) is 0.419. The molecule has 0 spiro atoms. The average molecular weight is 595 g/mol. The standard InChI is InChI=1S/C31H38N4O6S/c1-20(2)17-26(29(39)33-25(28(38)32-4)18-22-11-6-5-7-12-22)34(27(37)19-42-21(3)36)15-10-16-35-30(40)23-13-8-9-14-24(23)31(35)41/h5-9,11-14,20,25-26H,10,15-19H2,1-4H3,(H,32,38)(H,33,39)/t25-,26-/m0/s1. The highest BCUT2D eigenvalue weighted by molar-refractivity contribution is 8.14. The summed E-state index contributed by atoms with van der Waals surface area (Å²) in [6.07, 6.45) is 0.794. The summed E-state index contributed by atoms with van der Waals surface area (Å²) >= 11 is 0.846. The summed E-state index contributed by atoms with van der Waals surface area (Å²) in [6.45, 7) is 5.33. The maximum Gasteiger partial charge on any atom is 0.261 e. The van der Waals surface area contributed by atoms with Gasteiger partial charge in [0.1, 0.15) is 12.1 Å². The van der Waals surface area contributed by atoms with Crippen LogP contribution in [0, 0.1) is 5.92 Å². The van der Waals surface area contributed by atoms with E-state index in [2.05, 4.69) is 10.6 Å². The van der Waals surface area contributed by atoms with Crippen molar-refractivity contribution in [2.75, 3.05) is 25.9 Å². The number of hydrogen-bond acceptors (Lipinski definition) is 7. The first-order valence-corrected chi connectivity index (χ1v) is 15.0. The van der Waals surface area contributed by atoms with E-state index >= 15 is 0 Å². The number of benzene rings is 2. The first-order valence-electron chi connectivity index (χ1n) is 14.0. The SMILES string of the molecule is CNC(=O)[C@H](Cc1ccccc1)NC(=O)[C@H](CC(C)C)N(CCCN1C(=O)c2ccccc2C1=O)C(=O)CSC(C)=O. The summed E-state index contributed by atoms with van der Waals surface area (Å²) in [4.78, 5) is 79.8. The average Bonchev–Trinajstić information content (AvgIpc) is 3.21. The van der Waals surface area contributed by atoms with Gasteiger partial charge < -0.3 is 15.5 Å². The predicted molar refractivity (Wildman–Crippen MR) is 161 cm³/mol. The molecule has 0 saturated heterocycles. The molecule has 0 aromatic heterocycles. The Morgan fingerprint density at radius 3 is 2.05 bits per heavy atom. The van der Waals surface area contributed by atoms with Crippen molar-refractivity contribution in [1.82, 2.24) is 20.4 Å². The van der Waals surface area contributed by atoms with Gasteiger partial charge in [0.05, 0.1) is 16.9 Å². The van der Waals surface area contributed by atoms with Gasteiger partial charge in [0, 0.05) is 33.5 Å². The molecule has 2 N–H and O–H groups in total. The van der Waals surface area contributed by atoms with E-state index in [1.165, 1.54) is 18.9 Å². The van der Waals surface area contributed by atoms with Gasteiger partial charge in [-0.1, -0.05) is 68.1 Å². The van der Waals surface area contributed by atoms with E-state index in [0.29, 0.717) is 17.5 Å². The smallest absolute Gasteiger partial charge is 0.261 e. The molecule has 5 amide bonds. The maximum absolute atomic E-state index is 13.8. The van der Waals surface area contributed by atoms with Crippen LogP contribution in [0.2, 0.25) is 0 Å². The van der Waals surface area contributed by atoms with Crippen LogP contribution in [-0.2, 0) is 25.6 Å². The summed E-state index contributed by atoms with van der Waals surface area (Å²) in [6, 6.07) is 14.1. The maximum atomic E-state index is 13.8. The van der Waals surface area contributed by atoms with Crippen LogP contribution in [0.1, 0.15) is 59.9 Å². The van der Waals surface area contributed by atoms with E-state index in [1.54, 1.807) is 24.3 Å². The number of imide groups is 1. The molecular formula is C31H38N4O6S. The fourth-order valence-corrected chi connectivity index (χ4v) is 5.36. The second-order valence-corrected chi connectivity index (χ2v) is 11.7. The van der Waals surface area contributed by atoms with Crippen LogP contribution < -0.4 is 10.6 Å². The molecule has 42 heavy (non-hydrogen) atoms. The lowest BCUT2D eigenvalue weighted by Gasteiger charge is -2.33. The molecule has 0 bridgehead atoms. The van der Waals surface area contributed by atoms with Gasteiger partial charge in [0.2, 0.25) is 17.7 Å². The second-order valence-electron chi connectivity index (χ2n) is 10.5. The molecule has 1 aliphatic heterocycles. The minimum atomic E-state index is -0.935. The summed E-state index contributed by atoms with van der Waals surface area (Å²) in [5.74, 6) is -2.22. The predicted octanol–water partition coefficient (Wildman–Crippen LogP) is 2.67. The first kappa shape index (κ1) is 32.5. The molecule has 0 fully saturated rings. The van der Waals surface area contributed by atoms with Crippen LogP contribution in [-0.4, -0.2) is 82.4 Å². The zero-order valence-electron chi connectivity index (χ0n) is 24.4. The first-order chi connectivity index (χ1) is 20.0. The summed E-state index contributed by atoms with van der Waals surface area (Å²) < 4.78 is 0. The topological polar surface area (TPSA) is 133 Å². The number of thioether (sulfide) groups is 1. The molecule has 1 heterocycles. The normalized spacial score (nSPS) is 13.9. The van der Waals surface area contributed by atoms with Crippen molar-refractivity contribution in [3.8, 4) is 0 Å². The number of rotatable bonds is 14. The molecule has 224 valence electrons. The van der Waals surface area contributed by atoms with Crippen LogP contribution in [0.4, 0.5) is 0 Å².